The van der Waals surface area contributed by atoms with Crippen LogP contribution in [0.2, 0.25) is 0 Å². The van der Waals surface area contributed by atoms with E-state index in [-0.39, 0.29) is 5.38 Å². The summed E-state index contributed by atoms with van der Waals surface area (Å²) in [7, 11) is 1.68. The van der Waals surface area contributed by atoms with E-state index in [2.05, 4.69) is 44.2 Å². The number of benzene rings is 2. The maximum Gasteiger partial charge on any atom is 0.123 e. The fraction of sp³-hybridized carbons (Fsp3) is 0.333. The molecule has 0 spiro atoms. The Hall–Kier alpha value is -1.47. The third-order valence-electron chi connectivity index (χ3n) is 3.47. The van der Waals surface area contributed by atoms with Crippen molar-refractivity contribution >= 4 is 11.6 Å². The predicted octanol–water partition coefficient (Wildman–Crippen LogP) is 5.28. The molecule has 1 nitrogen and oxygen atoms in total. The van der Waals surface area contributed by atoms with E-state index in [1.165, 1.54) is 11.1 Å². The minimum absolute atomic E-state index is 0.180. The van der Waals surface area contributed by atoms with Gasteiger partial charge in [-0.1, -0.05) is 55.3 Å². The van der Waals surface area contributed by atoms with Gasteiger partial charge in [0.05, 0.1) is 12.5 Å². The summed E-state index contributed by atoms with van der Waals surface area (Å²) in [5.74, 6) is 0.841. The minimum atomic E-state index is -0.180. The first kappa shape index (κ1) is 14.9. The molecule has 2 aromatic rings. The molecule has 0 amide bonds. The summed E-state index contributed by atoms with van der Waals surface area (Å²) >= 11 is 6.64. The smallest absolute Gasteiger partial charge is 0.123 e. The molecule has 106 valence electrons. The summed E-state index contributed by atoms with van der Waals surface area (Å²) in [6.07, 6.45) is 2.27. The van der Waals surface area contributed by atoms with Crippen molar-refractivity contribution in [2.24, 2.45) is 0 Å². The second-order valence-corrected chi connectivity index (χ2v) is 5.54. The highest BCUT2D eigenvalue weighted by molar-refractivity contribution is 6.22. The molecule has 1 unspecified atom stereocenters. The van der Waals surface area contributed by atoms with E-state index >= 15 is 0 Å². The lowest BCUT2D eigenvalue weighted by atomic mass is 9.99. The van der Waals surface area contributed by atoms with E-state index in [1.807, 2.05) is 12.1 Å². The molecule has 0 aliphatic heterocycles. The fourth-order valence-corrected chi connectivity index (χ4v) is 2.69. The number of alkyl halides is 1. The van der Waals surface area contributed by atoms with Crippen LogP contribution in [0.1, 0.15) is 41.0 Å². The lowest BCUT2D eigenvalue weighted by molar-refractivity contribution is 0.410. The van der Waals surface area contributed by atoms with Crippen LogP contribution in [-0.2, 0) is 6.42 Å². The van der Waals surface area contributed by atoms with Crippen molar-refractivity contribution in [2.75, 3.05) is 7.11 Å². The highest BCUT2D eigenvalue weighted by Gasteiger charge is 2.15. The first-order valence-corrected chi connectivity index (χ1v) is 7.46. The molecule has 20 heavy (non-hydrogen) atoms. The summed E-state index contributed by atoms with van der Waals surface area (Å²) in [6, 6.07) is 14.7. The van der Waals surface area contributed by atoms with Crippen LogP contribution in [0.3, 0.4) is 0 Å². The number of rotatable bonds is 5. The Labute approximate surface area is 126 Å². The fourth-order valence-electron chi connectivity index (χ4n) is 2.37. The van der Waals surface area contributed by atoms with Gasteiger partial charge in [0.1, 0.15) is 5.75 Å². The zero-order valence-electron chi connectivity index (χ0n) is 12.3. The molecule has 0 aliphatic rings. The third kappa shape index (κ3) is 3.34. The number of hydrogen-bond acceptors (Lipinski definition) is 1. The lowest BCUT2D eigenvalue weighted by Gasteiger charge is -2.15. The Morgan fingerprint density at radius 2 is 1.80 bits per heavy atom. The zero-order chi connectivity index (χ0) is 14.5. The van der Waals surface area contributed by atoms with Gasteiger partial charge in [-0.3, -0.25) is 0 Å². The molecule has 0 N–H and O–H groups in total. The second-order valence-electron chi connectivity index (χ2n) is 5.10. The zero-order valence-corrected chi connectivity index (χ0v) is 13.1. The molecule has 0 aromatic heterocycles. The minimum Gasteiger partial charge on any atom is -0.496 e. The predicted molar refractivity (Wildman–Crippen MR) is 85.9 cm³/mol. The van der Waals surface area contributed by atoms with Crippen LogP contribution in [-0.4, -0.2) is 7.11 Å². The summed E-state index contributed by atoms with van der Waals surface area (Å²) < 4.78 is 5.42. The maximum absolute atomic E-state index is 6.64. The van der Waals surface area contributed by atoms with Gasteiger partial charge in [-0.2, -0.15) is 0 Å². The topological polar surface area (TPSA) is 9.23 Å². The lowest BCUT2D eigenvalue weighted by Crippen LogP contribution is -1.98. The number of methoxy groups -OCH3 is 1. The van der Waals surface area contributed by atoms with Gasteiger partial charge in [-0.15, -0.1) is 11.6 Å². The molecule has 0 aliphatic carbocycles. The van der Waals surface area contributed by atoms with Gasteiger partial charge in [-0.25, -0.2) is 0 Å². The van der Waals surface area contributed by atoms with E-state index in [1.54, 1.807) is 7.11 Å². The molecule has 2 heteroatoms. The summed E-state index contributed by atoms with van der Waals surface area (Å²) in [4.78, 5) is 0. The van der Waals surface area contributed by atoms with Gasteiger partial charge >= 0.3 is 0 Å². The maximum atomic E-state index is 6.64. The van der Waals surface area contributed by atoms with E-state index < -0.39 is 0 Å². The molecule has 2 rings (SSSR count). The second kappa shape index (κ2) is 6.81. The van der Waals surface area contributed by atoms with E-state index in [0.29, 0.717) is 0 Å². The van der Waals surface area contributed by atoms with Crippen molar-refractivity contribution in [1.82, 2.24) is 0 Å². The summed E-state index contributed by atoms with van der Waals surface area (Å²) in [6.45, 7) is 4.26. The van der Waals surface area contributed by atoms with Crippen LogP contribution >= 0.6 is 11.6 Å². The van der Waals surface area contributed by atoms with Crippen molar-refractivity contribution < 1.29 is 4.74 Å². The molecule has 2 aromatic carbocycles. The molecule has 0 saturated carbocycles. The van der Waals surface area contributed by atoms with Crippen molar-refractivity contribution in [2.45, 2.75) is 32.1 Å². The average molecular weight is 289 g/mol. The quantitative estimate of drug-likeness (QED) is 0.680. The molecular weight excluding hydrogens is 268 g/mol. The van der Waals surface area contributed by atoms with Gasteiger partial charge < -0.3 is 4.74 Å². The van der Waals surface area contributed by atoms with Crippen molar-refractivity contribution in [3.63, 3.8) is 0 Å². The number of ether oxygens (including phenoxy) is 1. The largest absolute Gasteiger partial charge is 0.496 e. The van der Waals surface area contributed by atoms with Crippen LogP contribution in [0.4, 0.5) is 0 Å². The molecule has 0 radical (unpaired) electrons. The SMILES string of the molecule is CCCc1ccc(C(Cl)c2cc(C)ccc2OC)cc1. The molecule has 0 fully saturated rings. The van der Waals surface area contributed by atoms with Gasteiger partial charge in [0.15, 0.2) is 0 Å². The first-order valence-electron chi connectivity index (χ1n) is 7.03. The van der Waals surface area contributed by atoms with Crippen molar-refractivity contribution in [1.29, 1.82) is 0 Å². The Kier molecular flexibility index (Phi) is 5.08. The molecular formula is C18H21ClO. The molecule has 0 bridgehead atoms. The number of hydrogen-bond donors (Lipinski definition) is 0. The molecule has 0 saturated heterocycles. The standard InChI is InChI=1S/C18H21ClO/c1-4-5-14-7-9-15(10-8-14)18(19)16-12-13(2)6-11-17(16)20-3/h6-12,18H,4-5H2,1-3H3. The Balaban J connectivity index is 2.30. The highest BCUT2D eigenvalue weighted by Crippen LogP contribution is 2.35. The van der Waals surface area contributed by atoms with Crippen LogP contribution in [0.25, 0.3) is 0 Å². The summed E-state index contributed by atoms with van der Waals surface area (Å²) in [5.41, 5.74) is 4.68. The van der Waals surface area contributed by atoms with Crippen LogP contribution in [0, 0.1) is 6.92 Å². The normalized spacial score (nSPS) is 12.2. The highest BCUT2D eigenvalue weighted by atomic mass is 35.5. The van der Waals surface area contributed by atoms with Crippen LogP contribution in [0.15, 0.2) is 42.5 Å². The van der Waals surface area contributed by atoms with E-state index in [0.717, 1.165) is 29.7 Å². The van der Waals surface area contributed by atoms with Gasteiger partial charge in [0.2, 0.25) is 0 Å². The Morgan fingerprint density at radius 3 is 2.40 bits per heavy atom. The summed E-state index contributed by atoms with van der Waals surface area (Å²) in [5, 5.41) is -0.180. The molecule has 0 heterocycles. The molecule has 1 atom stereocenters. The van der Waals surface area contributed by atoms with Crippen molar-refractivity contribution in [3.8, 4) is 5.75 Å². The van der Waals surface area contributed by atoms with E-state index in [9.17, 15) is 0 Å². The van der Waals surface area contributed by atoms with Crippen molar-refractivity contribution in [3.05, 3.63) is 64.7 Å². The number of aryl methyl sites for hydroxylation is 2. The Bertz CT molecular complexity index is 560. The van der Waals surface area contributed by atoms with Gasteiger partial charge in [-0.05, 0) is 30.5 Å². The first-order chi connectivity index (χ1) is 9.65. The van der Waals surface area contributed by atoms with Gasteiger partial charge in [0.25, 0.3) is 0 Å². The average Bonchev–Trinajstić information content (AvgIpc) is 2.47. The third-order valence-corrected chi connectivity index (χ3v) is 3.96. The number of halogens is 1. The monoisotopic (exact) mass is 288 g/mol. The van der Waals surface area contributed by atoms with Gasteiger partial charge in [0, 0.05) is 5.56 Å². The van der Waals surface area contributed by atoms with Crippen LogP contribution in [0.5, 0.6) is 5.75 Å². The Morgan fingerprint density at radius 1 is 1.10 bits per heavy atom. The van der Waals surface area contributed by atoms with Crippen LogP contribution < -0.4 is 4.74 Å². The van der Waals surface area contributed by atoms with E-state index in [4.69, 9.17) is 16.3 Å².